The van der Waals surface area contributed by atoms with Gasteiger partial charge in [0.25, 0.3) is 0 Å². The van der Waals surface area contributed by atoms with E-state index in [0.29, 0.717) is 11.9 Å². The quantitative estimate of drug-likeness (QED) is 0.805. The zero-order valence-corrected chi connectivity index (χ0v) is 12.9. The molecule has 1 aromatic heterocycles. The molecule has 0 bridgehead atoms. The lowest BCUT2D eigenvalue weighted by Gasteiger charge is -2.14. The van der Waals surface area contributed by atoms with Gasteiger partial charge in [-0.15, -0.1) is 11.8 Å². The zero-order valence-electron chi connectivity index (χ0n) is 12.1. The van der Waals surface area contributed by atoms with E-state index < -0.39 is 0 Å². The number of hydrogen-bond donors (Lipinski definition) is 1. The van der Waals surface area contributed by atoms with Gasteiger partial charge in [0, 0.05) is 23.2 Å². The summed E-state index contributed by atoms with van der Waals surface area (Å²) in [5, 5.41) is 3.39. The number of rotatable bonds is 6. The van der Waals surface area contributed by atoms with E-state index in [0.717, 1.165) is 17.2 Å². The molecule has 0 aliphatic rings. The third-order valence-corrected chi connectivity index (χ3v) is 3.83. The molecule has 106 valence electrons. The molecule has 1 atom stereocenters. The van der Waals surface area contributed by atoms with Crippen molar-refractivity contribution in [1.29, 1.82) is 0 Å². The Balaban J connectivity index is 2.19. The standard InChI is InChI=1S/C16H20N2OS/c1-4-17-12(2)13-9-10-18-16(11-13)19-14-7-5-6-8-15(14)20-3/h5-12,17H,4H2,1-3H3. The summed E-state index contributed by atoms with van der Waals surface area (Å²) in [7, 11) is 0. The summed E-state index contributed by atoms with van der Waals surface area (Å²) in [6.07, 6.45) is 3.83. The van der Waals surface area contributed by atoms with Gasteiger partial charge in [0.05, 0.1) is 0 Å². The van der Waals surface area contributed by atoms with Gasteiger partial charge in [-0.25, -0.2) is 4.98 Å². The highest BCUT2D eigenvalue weighted by atomic mass is 32.2. The van der Waals surface area contributed by atoms with Gasteiger partial charge >= 0.3 is 0 Å². The van der Waals surface area contributed by atoms with Crippen molar-refractivity contribution in [3.05, 3.63) is 48.2 Å². The molecule has 0 saturated heterocycles. The molecule has 20 heavy (non-hydrogen) atoms. The molecule has 0 aliphatic heterocycles. The maximum absolute atomic E-state index is 5.91. The Hall–Kier alpha value is -1.52. The minimum absolute atomic E-state index is 0.293. The van der Waals surface area contributed by atoms with Crippen LogP contribution < -0.4 is 10.1 Å². The number of hydrogen-bond acceptors (Lipinski definition) is 4. The molecule has 1 N–H and O–H groups in total. The smallest absolute Gasteiger partial charge is 0.219 e. The molecule has 4 heteroatoms. The summed E-state index contributed by atoms with van der Waals surface area (Å²) in [6.45, 7) is 5.18. The summed E-state index contributed by atoms with van der Waals surface area (Å²) in [5.41, 5.74) is 1.18. The Morgan fingerprint density at radius 1 is 1.30 bits per heavy atom. The van der Waals surface area contributed by atoms with Gasteiger partial charge in [-0.1, -0.05) is 19.1 Å². The predicted molar refractivity (Wildman–Crippen MR) is 84.6 cm³/mol. The van der Waals surface area contributed by atoms with Gasteiger partial charge in [-0.05, 0) is 43.5 Å². The fourth-order valence-electron chi connectivity index (χ4n) is 1.99. The molecule has 2 aromatic rings. The molecule has 0 spiro atoms. The molecule has 1 unspecified atom stereocenters. The van der Waals surface area contributed by atoms with Crippen LogP contribution in [0.5, 0.6) is 11.6 Å². The van der Waals surface area contributed by atoms with Gasteiger partial charge < -0.3 is 10.1 Å². The molecule has 1 heterocycles. The number of para-hydroxylation sites is 1. The van der Waals surface area contributed by atoms with Gasteiger partial charge in [0.1, 0.15) is 5.75 Å². The van der Waals surface area contributed by atoms with Crippen LogP contribution in [-0.2, 0) is 0 Å². The fourth-order valence-corrected chi connectivity index (χ4v) is 2.52. The third kappa shape index (κ3) is 3.74. The molecular formula is C16H20N2OS. The second-order valence-electron chi connectivity index (χ2n) is 4.46. The van der Waals surface area contributed by atoms with Crippen LogP contribution in [0.3, 0.4) is 0 Å². The zero-order chi connectivity index (χ0) is 14.4. The van der Waals surface area contributed by atoms with Gasteiger partial charge in [-0.3, -0.25) is 0 Å². The van der Waals surface area contributed by atoms with E-state index in [2.05, 4.69) is 24.1 Å². The Kier molecular flexibility index (Phi) is 5.44. The van der Waals surface area contributed by atoms with Crippen molar-refractivity contribution in [2.24, 2.45) is 0 Å². The van der Waals surface area contributed by atoms with E-state index in [-0.39, 0.29) is 0 Å². The van der Waals surface area contributed by atoms with Crippen LogP contribution in [-0.4, -0.2) is 17.8 Å². The fraction of sp³-hybridized carbons (Fsp3) is 0.312. The van der Waals surface area contributed by atoms with Crippen molar-refractivity contribution in [2.75, 3.05) is 12.8 Å². The highest BCUT2D eigenvalue weighted by Gasteiger charge is 2.08. The van der Waals surface area contributed by atoms with Crippen LogP contribution in [0.4, 0.5) is 0 Å². The van der Waals surface area contributed by atoms with Crippen LogP contribution >= 0.6 is 11.8 Å². The van der Waals surface area contributed by atoms with Crippen LogP contribution in [0.25, 0.3) is 0 Å². The molecule has 0 amide bonds. The van der Waals surface area contributed by atoms with Crippen LogP contribution in [0.2, 0.25) is 0 Å². The van der Waals surface area contributed by atoms with Crippen molar-refractivity contribution in [3.63, 3.8) is 0 Å². The SMILES string of the molecule is CCNC(C)c1ccnc(Oc2ccccc2SC)c1. The largest absolute Gasteiger partial charge is 0.438 e. The van der Waals surface area contributed by atoms with Gasteiger partial charge in [0.15, 0.2) is 0 Å². The predicted octanol–water partition coefficient (Wildman–Crippen LogP) is 4.27. The summed E-state index contributed by atoms with van der Waals surface area (Å²) in [5.74, 6) is 1.48. The Bertz CT molecular complexity index is 560. The van der Waals surface area contributed by atoms with E-state index in [9.17, 15) is 0 Å². The monoisotopic (exact) mass is 288 g/mol. The minimum atomic E-state index is 0.293. The molecule has 0 aliphatic carbocycles. The summed E-state index contributed by atoms with van der Waals surface area (Å²) >= 11 is 1.67. The number of ether oxygens (including phenoxy) is 1. The maximum atomic E-state index is 5.91. The molecule has 2 rings (SSSR count). The van der Waals surface area contributed by atoms with Gasteiger partial charge in [0.2, 0.25) is 5.88 Å². The van der Waals surface area contributed by atoms with Crippen LogP contribution in [0.15, 0.2) is 47.5 Å². The number of nitrogens with one attached hydrogen (secondary N) is 1. The van der Waals surface area contributed by atoms with E-state index in [1.807, 2.05) is 42.7 Å². The summed E-state index contributed by atoms with van der Waals surface area (Å²) in [4.78, 5) is 5.40. The Morgan fingerprint density at radius 3 is 2.85 bits per heavy atom. The maximum Gasteiger partial charge on any atom is 0.219 e. The number of pyridine rings is 1. The summed E-state index contributed by atoms with van der Waals surface area (Å²) in [6, 6.07) is 12.3. The van der Waals surface area contributed by atoms with Crippen molar-refractivity contribution in [1.82, 2.24) is 10.3 Å². The van der Waals surface area contributed by atoms with Crippen molar-refractivity contribution < 1.29 is 4.74 Å². The van der Waals surface area contributed by atoms with Gasteiger partial charge in [-0.2, -0.15) is 0 Å². The number of thioether (sulfide) groups is 1. The van der Waals surface area contributed by atoms with E-state index in [1.165, 1.54) is 5.56 Å². The molecular weight excluding hydrogens is 268 g/mol. The number of benzene rings is 1. The minimum Gasteiger partial charge on any atom is -0.438 e. The molecule has 0 saturated carbocycles. The second kappa shape index (κ2) is 7.31. The molecule has 0 fully saturated rings. The normalized spacial score (nSPS) is 12.2. The average Bonchev–Trinajstić information content (AvgIpc) is 2.48. The Morgan fingerprint density at radius 2 is 2.10 bits per heavy atom. The number of aromatic nitrogens is 1. The van der Waals surface area contributed by atoms with E-state index >= 15 is 0 Å². The number of nitrogens with zero attached hydrogens (tertiary/aromatic N) is 1. The van der Waals surface area contributed by atoms with Crippen LogP contribution in [0.1, 0.15) is 25.5 Å². The highest BCUT2D eigenvalue weighted by Crippen LogP contribution is 2.31. The highest BCUT2D eigenvalue weighted by molar-refractivity contribution is 7.98. The lowest BCUT2D eigenvalue weighted by molar-refractivity contribution is 0.450. The molecule has 3 nitrogen and oxygen atoms in total. The average molecular weight is 288 g/mol. The van der Waals surface area contributed by atoms with Crippen LogP contribution in [0, 0.1) is 0 Å². The Labute approximate surface area is 124 Å². The van der Waals surface area contributed by atoms with E-state index in [1.54, 1.807) is 18.0 Å². The van der Waals surface area contributed by atoms with E-state index in [4.69, 9.17) is 4.74 Å². The first kappa shape index (κ1) is 14.9. The lowest BCUT2D eigenvalue weighted by Crippen LogP contribution is -2.17. The van der Waals surface area contributed by atoms with Crippen molar-refractivity contribution in [2.45, 2.75) is 24.8 Å². The molecule has 0 radical (unpaired) electrons. The first-order valence-corrected chi connectivity index (χ1v) is 7.97. The topological polar surface area (TPSA) is 34.2 Å². The third-order valence-electron chi connectivity index (χ3n) is 3.05. The second-order valence-corrected chi connectivity index (χ2v) is 5.31. The van der Waals surface area contributed by atoms with Crippen molar-refractivity contribution >= 4 is 11.8 Å². The lowest BCUT2D eigenvalue weighted by atomic mass is 10.1. The first-order chi connectivity index (χ1) is 9.74. The van der Waals surface area contributed by atoms with Crippen molar-refractivity contribution in [3.8, 4) is 11.6 Å². The first-order valence-electron chi connectivity index (χ1n) is 6.74. The molecule has 1 aromatic carbocycles. The summed E-state index contributed by atoms with van der Waals surface area (Å²) < 4.78 is 5.91.